The van der Waals surface area contributed by atoms with Gasteiger partial charge in [-0.2, -0.15) is 0 Å². The van der Waals surface area contributed by atoms with Gasteiger partial charge in [-0.25, -0.2) is 5.01 Å². The summed E-state index contributed by atoms with van der Waals surface area (Å²) in [4.78, 5) is 13.0. The van der Waals surface area contributed by atoms with E-state index in [-0.39, 0.29) is 11.9 Å². The molecule has 2 heterocycles. The summed E-state index contributed by atoms with van der Waals surface area (Å²) in [6, 6.07) is 17.5. The quantitative estimate of drug-likeness (QED) is 0.663. The minimum atomic E-state index is -0.362. The van der Waals surface area contributed by atoms with Crippen molar-refractivity contribution < 1.29 is 9.21 Å². The van der Waals surface area contributed by atoms with Gasteiger partial charge in [0.25, 0.3) is 5.91 Å². The number of halogens is 2. The Bertz CT molecular complexity index is 948. The number of hydrogen-bond donors (Lipinski definition) is 1. The third kappa shape index (κ3) is 3.21. The monoisotopic (exact) mass is 384 g/mol. The van der Waals surface area contributed by atoms with Crippen molar-refractivity contribution in [2.45, 2.75) is 6.04 Å². The van der Waals surface area contributed by atoms with Crippen molar-refractivity contribution in [2.24, 2.45) is 0 Å². The molecule has 0 spiro atoms. The number of carbonyl (C=O) groups excluding carboxylic acids is 1. The van der Waals surface area contributed by atoms with E-state index in [0.717, 1.165) is 11.3 Å². The Hall–Kier alpha value is -2.69. The average Bonchev–Trinajstić information content (AvgIpc) is 3.32. The van der Waals surface area contributed by atoms with Crippen LogP contribution in [0.5, 0.6) is 0 Å². The molecule has 4 nitrogen and oxygen atoms in total. The fraction of sp³-hybridized carbons (Fsp3) is 0.0500. The molecule has 3 aromatic rings. The number of nitrogens with zero attached hydrogens (tertiary/aromatic N) is 1. The fourth-order valence-corrected chi connectivity index (χ4v) is 3.09. The van der Waals surface area contributed by atoms with Gasteiger partial charge in [-0.05, 0) is 60.2 Å². The van der Waals surface area contributed by atoms with Crippen LogP contribution >= 0.6 is 23.2 Å². The molecule has 0 aliphatic carbocycles. The molecular weight excluding hydrogens is 371 g/mol. The molecule has 4 rings (SSSR count). The van der Waals surface area contributed by atoms with Crippen molar-refractivity contribution in [1.82, 2.24) is 10.4 Å². The molecule has 1 amide bonds. The van der Waals surface area contributed by atoms with Gasteiger partial charge in [-0.15, -0.1) is 0 Å². The smallest absolute Gasteiger partial charge is 0.273 e. The molecule has 1 aromatic heterocycles. The number of rotatable bonds is 3. The highest BCUT2D eigenvalue weighted by molar-refractivity contribution is 6.30. The Kier molecular flexibility index (Phi) is 4.45. The number of furan rings is 1. The van der Waals surface area contributed by atoms with Crippen LogP contribution in [0.2, 0.25) is 10.0 Å². The first-order valence-electron chi connectivity index (χ1n) is 7.99. The molecule has 0 unspecified atom stereocenters. The third-order valence-electron chi connectivity index (χ3n) is 4.14. The Morgan fingerprint density at radius 1 is 0.962 bits per heavy atom. The predicted octanol–water partition coefficient (Wildman–Crippen LogP) is 5.33. The Morgan fingerprint density at radius 3 is 2.23 bits per heavy atom. The van der Waals surface area contributed by atoms with E-state index in [4.69, 9.17) is 27.6 Å². The lowest BCUT2D eigenvalue weighted by Crippen LogP contribution is -2.39. The molecule has 0 fully saturated rings. The van der Waals surface area contributed by atoms with Crippen molar-refractivity contribution in [3.05, 3.63) is 99.9 Å². The summed E-state index contributed by atoms with van der Waals surface area (Å²) in [7, 11) is 0. The molecule has 1 aliphatic rings. The van der Waals surface area contributed by atoms with Crippen LogP contribution in [0.4, 0.5) is 0 Å². The molecule has 0 bridgehead atoms. The lowest BCUT2D eigenvalue weighted by Gasteiger charge is -2.24. The number of hydrogen-bond acceptors (Lipinski definition) is 3. The van der Waals surface area contributed by atoms with Gasteiger partial charge in [0, 0.05) is 15.6 Å². The van der Waals surface area contributed by atoms with E-state index < -0.39 is 0 Å². The minimum absolute atomic E-state index is 0.178. The summed E-state index contributed by atoms with van der Waals surface area (Å²) in [5, 5.41) is 2.79. The first-order valence-corrected chi connectivity index (χ1v) is 8.74. The van der Waals surface area contributed by atoms with Crippen molar-refractivity contribution in [2.75, 3.05) is 0 Å². The highest BCUT2D eigenvalue weighted by Crippen LogP contribution is 2.33. The van der Waals surface area contributed by atoms with Crippen LogP contribution in [0.3, 0.4) is 0 Å². The normalized spacial score (nSPS) is 16.3. The summed E-state index contributed by atoms with van der Waals surface area (Å²) in [5.41, 5.74) is 5.46. The second-order valence-corrected chi connectivity index (χ2v) is 6.71. The maximum absolute atomic E-state index is 13.0. The predicted molar refractivity (Wildman–Crippen MR) is 102 cm³/mol. The molecule has 6 heteroatoms. The second-order valence-electron chi connectivity index (χ2n) is 5.84. The summed E-state index contributed by atoms with van der Waals surface area (Å²) >= 11 is 11.9. The van der Waals surface area contributed by atoms with Gasteiger partial charge >= 0.3 is 0 Å². The highest BCUT2D eigenvalue weighted by atomic mass is 35.5. The van der Waals surface area contributed by atoms with Crippen molar-refractivity contribution >= 4 is 34.8 Å². The van der Waals surface area contributed by atoms with E-state index in [1.807, 2.05) is 36.4 Å². The van der Waals surface area contributed by atoms with E-state index in [1.165, 1.54) is 0 Å². The summed E-state index contributed by atoms with van der Waals surface area (Å²) < 4.78 is 5.54. The summed E-state index contributed by atoms with van der Waals surface area (Å²) in [6.07, 6.45) is 3.55. The maximum atomic E-state index is 13.0. The largest absolute Gasteiger partial charge is 0.467 e. The van der Waals surface area contributed by atoms with Crippen LogP contribution in [0.25, 0.3) is 5.70 Å². The molecule has 130 valence electrons. The standard InChI is InChI=1S/C20H14Cl2N2O2/c21-15-7-3-13(4-8-15)17-12-18(19-2-1-11-26-19)24(23-17)20(25)14-5-9-16(22)10-6-14/h1-12,18,23H/t18-/m0/s1. The molecule has 2 aromatic carbocycles. The van der Waals surface area contributed by atoms with Crippen LogP contribution in [-0.2, 0) is 0 Å². The van der Waals surface area contributed by atoms with Gasteiger partial charge in [0.05, 0.1) is 12.0 Å². The zero-order valence-electron chi connectivity index (χ0n) is 13.5. The maximum Gasteiger partial charge on any atom is 0.273 e. The topological polar surface area (TPSA) is 45.5 Å². The number of nitrogens with one attached hydrogen (secondary N) is 1. The van der Waals surface area contributed by atoms with Crippen molar-refractivity contribution in [3.8, 4) is 0 Å². The van der Waals surface area contributed by atoms with E-state index >= 15 is 0 Å². The molecule has 0 saturated carbocycles. The van der Waals surface area contributed by atoms with E-state index in [9.17, 15) is 4.79 Å². The first kappa shape index (κ1) is 16.8. The van der Waals surface area contributed by atoms with Gasteiger partial charge < -0.3 is 4.42 Å². The molecular formula is C20H14Cl2N2O2. The molecule has 1 N–H and O–H groups in total. The fourth-order valence-electron chi connectivity index (χ4n) is 2.84. The third-order valence-corrected chi connectivity index (χ3v) is 4.65. The second kappa shape index (κ2) is 6.90. The molecule has 0 radical (unpaired) electrons. The molecule has 1 aliphatic heterocycles. The first-order chi connectivity index (χ1) is 12.6. The Morgan fingerprint density at radius 2 is 1.62 bits per heavy atom. The van der Waals surface area contributed by atoms with Gasteiger partial charge in [0.2, 0.25) is 0 Å². The number of hydrazine groups is 1. The Labute approximate surface area is 160 Å². The lowest BCUT2D eigenvalue weighted by atomic mass is 10.1. The van der Waals surface area contributed by atoms with Crippen molar-refractivity contribution in [1.29, 1.82) is 0 Å². The number of carbonyl (C=O) groups is 1. The SMILES string of the molecule is O=C(c1ccc(Cl)cc1)N1NC(c2ccc(Cl)cc2)=C[C@H]1c1ccco1. The summed E-state index contributed by atoms with van der Waals surface area (Å²) in [5.74, 6) is 0.493. The van der Waals surface area contributed by atoms with E-state index in [2.05, 4.69) is 5.43 Å². The van der Waals surface area contributed by atoms with Gasteiger partial charge in [0.15, 0.2) is 0 Å². The van der Waals surface area contributed by atoms with Crippen LogP contribution in [0.1, 0.15) is 27.7 Å². The van der Waals surface area contributed by atoms with Crippen LogP contribution in [0, 0.1) is 0 Å². The highest BCUT2D eigenvalue weighted by Gasteiger charge is 2.33. The van der Waals surface area contributed by atoms with Crippen molar-refractivity contribution in [3.63, 3.8) is 0 Å². The van der Waals surface area contributed by atoms with E-state index in [1.54, 1.807) is 41.6 Å². The minimum Gasteiger partial charge on any atom is -0.467 e. The van der Waals surface area contributed by atoms with Crippen LogP contribution in [0.15, 0.2) is 77.4 Å². The van der Waals surface area contributed by atoms with Crippen LogP contribution in [-0.4, -0.2) is 10.9 Å². The summed E-state index contributed by atoms with van der Waals surface area (Å²) in [6.45, 7) is 0. The molecule has 1 atom stereocenters. The number of benzene rings is 2. The zero-order chi connectivity index (χ0) is 18.1. The average molecular weight is 385 g/mol. The number of amides is 1. The molecule has 0 saturated heterocycles. The van der Waals surface area contributed by atoms with Gasteiger partial charge in [-0.3, -0.25) is 10.2 Å². The van der Waals surface area contributed by atoms with E-state index in [0.29, 0.717) is 21.4 Å². The van der Waals surface area contributed by atoms with Gasteiger partial charge in [-0.1, -0.05) is 35.3 Å². The van der Waals surface area contributed by atoms with Gasteiger partial charge in [0.1, 0.15) is 11.8 Å². The molecule has 26 heavy (non-hydrogen) atoms. The lowest BCUT2D eigenvalue weighted by molar-refractivity contribution is 0.0655. The zero-order valence-corrected chi connectivity index (χ0v) is 15.0. The van der Waals surface area contributed by atoms with Crippen LogP contribution < -0.4 is 5.43 Å². The Balaban J connectivity index is 1.68.